The zero-order chi connectivity index (χ0) is 5.86. The molecule has 8 heavy (non-hydrogen) atoms. The first-order chi connectivity index (χ1) is 3.18. The zero-order valence-electron chi connectivity index (χ0n) is 4.00. The Labute approximate surface area is 61.8 Å². The average Bonchev–Trinajstić information content (AvgIpc) is 1.65. The van der Waals surface area contributed by atoms with Crippen LogP contribution in [0, 0.1) is 0 Å². The summed E-state index contributed by atoms with van der Waals surface area (Å²) >= 11 is 2.91. The van der Waals surface area contributed by atoms with E-state index in [1.165, 1.54) is 0 Å². The van der Waals surface area contributed by atoms with Crippen molar-refractivity contribution >= 4 is 34.3 Å². The fourth-order valence-corrected chi connectivity index (χ4v) is 0.343. The molecule has 3 nitrogen and oxygen atoms in total. The van der Waals surface area contributed by atoms with Gasteiger partial charge in [-0.25, -0.2) is 0 Å². The highest BCUT2D eigenvalue weighted by Crippen LogP contribution is 1.84. The van der Waals surface area contributed by atoms with Crippen LogP contribution in [0.25, 0.3) is 0 Å². The first-order valence-corrected chi connectivity index (χ1v) is 2.85. The maximum atomic E-state index is 9.78. The second-order valence-electron chi connectivity index (χ2n) is 1.10. The number of alkyl halides is 1. The molecule has 0 saturated carbocycles. The lowest BCUT2D eigenvalue weighted by Crippen LogP contribution is -2.31. The molecular formula is C3H7BrClNO2. The van der Waals surface area contributed by atoms with Gasteiger partial charge in [0.15, 0.2) is 0 Å². The normalized spacial score (nSPS) is 11.8. The van der Waals surface area contributed by atoms with Crippen LogP contribution in [0.5, 0.6) is 0 Å². The highest BCUT2D eigenvalue weighted by molar-refractivity contribution is 9.09. The van der Waals surface area contributed by atoms with Gasteiger partial charge in [0.25, 0.3) is 0 Å². The average molecular weight is 204 g/mol. The molecule has 0 bridgehead atoms. The molecule has 0 aliphatic heterocycles. The maximum absolute atomic E-state index is 9.78. The minimum atomic E-state index is -0.975. The third-order valence-electron chi connectivity index (χ3n) is 0.483. The highest BCUT2D eigenvalue weighted by Gasteiger charge is 2.06. The van der Waals surface area contributed by atoms with Crippen LogP contribution in [0.3, 0.4) is 0 Å². The smallest absolute Gasteiger partial charge is 0.321 e. The molecule has 0 aromatic rings. The van der Waals surface area contributed by atoms with E-state index < -0.39 is 12.0 Å². The zero-order valence-corrected chi connectivity index (χ0v) is 6.41. The largest absolute Gasteiger partial charge is 0.480 e. The standard InChI is InChI=1S/C3H6BrNO2.ClH/c4-1-2(5)3(6)7;/h2H,1,5H2,(H,6,7);1H. The van der Waals surface area contributed by atoms with Crippen molar-refractivity contribution in [3.63, 3.8) is 0 Å². The number of hydrogen-bond acceptors (Lipinski definition) is 2. The molecule has 0 aliphatic rings. The summed E-state index contributed by atoms with van der Waals surface area (Å²) in [5.74, 6) is -0.975. The molecule has 1 unspecified atom stereocenters. The van der Waals surface area contributed by atoms with E-state index in [1.807, 2.05) is 0 Å². The van der Waals surface area contributed by atoms with E-state index in [2.05, 4.69) is 15.9 Å². The van der Waals surface area contributed by atoms with Crippen molar-refractivity contribution in [2.24, 2.45) is 5.73 Å². The molecule has 0 spiro atoms. The molecule has 0 fully saturated rings. The summed E-state index contributed by atoms with van der Waals surface area (Å²) in [7, 11) is 0. The van der Waals surface area contributed by atoms with E-state index in [1.54, 1.807) is 0 Å². The molecule has 0 saturated heterocycles. The molecule has 0 aromatic heterocycles. The molecule has 50 valence electrons. The third-order valence-corrected chi connectivity index (χ3v) is 1.18. The quantitative estimate of drug-likeness (QED) is 0.632. The SMILES string of the molecule is Cl.NC(CBr)C(=O)O. The second-order valence-corrected chi connectivity index (χ2v) is 1.75. The van der Waals surface area contributed by atoms with Crippen LogP contribution in [0.2, 0.25) is 0 Å². The van der Waals surface area contributed by atoms with Gasteiger partial charge in [-0.3, -0.25) is 4.79 Å². The second kappa shape index (κ2) is 5.34. The van der Waals surface area contributed by atoms with Gasteiger partial charge in [-0.15, -0.1) is 12.4 Å². The van der Waals surface area contributed by atoms with E-state index in [-0.39, 0.29) is 12.4 Å². The summed E-state index contributed by atoms with van der Waals surface area (Å²) < 4.78 is 0. The summed E-state index contributed by atoms with van der Waals surface area (Å²) in [5.41, 5.74) is 4.97. The Morgan fingerprint density at radius 3 is 2.25 bits per heavy atom. The number of halogens is 2. The number of rotatable bonds is 2. The van der Waals surface area contributed by atoms with E-state index >= 15 is 0 Å². The lowest BCUT2D eigenvalue weighted by molar-refractivity contribution is -0.137. The predicted octanol–water partition coefficient (Wildman–Crippen LogP) is 0.215. The van der Waals surface area contributed by atoms with Crippen LogP contribution < -0.4 is 5.73 Å². The minimum absolute atomic E-state index is 0. The number of carbonyl (C=O) groups is 1. The Hall–Kier alpha value is 0.200. The van der Waals surface area contributed by atoms with E-state index in [9.17, 15) is 4.79 Å². The highest BCUT2D eigenvalue weighted by atomic mass is 79.9. The molecule has 1 atom stereocenters. The summed E-state index contributed by atoms with van der Waals surface area (Å²) in [6.45, 7) is 0. The van der Waals surface area contributed by atoms with Crippen LogP contribution in [0.4, 0.5) is 0 Å². The number of carboxylic acids is 1. The number of nitrogens with two attached hydrogens (primary N) is 1. The Balaban J connectivity index is 0. The van der Waals surface area contributed by atoms with E-state index in [0.29, 0.717) is 5.33 Å². The van der Waals surface area contributed by atoms with Crippen molar-refractivity contribution in [2.75, 3.05) is 5.33 Å². The third kappa shape index (κ3) is 4.36. The Kier molecular flexibility index (Phi) is 7.38. The molecule has 0 heterocycles. The summed E-state index contributed by atoms with van der Waals surface area (Å²) in [6.07, 6.45) is 0. The van der Waals surface area contributed by atoms with Crippen molar-refractivity contribution in [1.82, 2.24) is 0 Å². The molecule has 5 heteroatoms. The van der Waals surface area contributed by atoms with Crippen LogP contribution in [-0.4, -0.2) is 22.4 Å². The van der Waals surface area contributed by atoms with Gasteiger partial charge in [0.2, 0.25) is 0 Å². The Morgan fingerprint density at radius 1 is 1.88 bits per heavy atom. The lowest BCUT2D eigenvalue weighted by Gasteiger charge is -1.95. The van der Waals surface area contributed by atoms with Crippen LogP contribution in [-0.2, 0) is 4.79 Å². The molecule has 0 rings (SSSR count). The fourth-order valence-electron chi connectivity index (χ4n) is 0.0660. The summed E-state index contributed by atoms with van der Waals surface area (Å²) in [4.78, 5) is 9.78. The molecular weight excluding hydrogens is 197 g/mol. The lowest BCUT2D eigenvalue weighted by atomic mass is 10.4. The van der Waals surface area contributed by atoms with Gasteiger partial charge in [-0.05, 0) is 0 Å². The predicted molar refractivity (Wildman–Crippen MR) is 36.7 cm³/mol. The minimum Gasteiger partial charge on any atom is -0.480 e. The van der Waals surface area contributed by atoms with Crippen LogP contribution in [0.1, 0.15) is 0 Å². The van der Waals surface area contributed by atoms with Crippen molar-refractivity contribution < 1.29 is 9.90 Å². The monoisotopic (exact) mass is 203 g/mol. The number of hydrogen-bond donors (Lipinski definition) is 2. The van der Waals surface area contributed by atoms with Crippen molar-refractivity contribution in [1.29, 1.82) is 0 Å². The van der Waals surface area contributed by atoms with Gasteiger partial charge in [0.1, 0.15) is 6.04 Å². The molecule has 0 radical (unpaired) electrons. The van der Waals surface area contributed by atoms with Gasteiger partial charge >= 0.3 is 5.97 Å². The number of carboxylic acid groups (broad SMARTS) is 1. The molecule has 0 aliphatic carbocycles. The van der Waals surface area contributed by atoms with Gasteiger partial charge < -0.3 is 10.8 Å². The molecule has 3 N–H and O–H groups in total. The van der Waals surface area contributed by atoms with Gasteiger partial charge in [0.05, 0.1) is 0 Å². The molecule has 0 amide bonds. The maximum Gasteiger partial charge on any atom is 0.321 e. The Morgan fingerprint density at radius 2 is 2.25 bits per heavy atom. The first-order valence-electron chi connectivity index (χ1n) is 1.73. The van der Waals surface area contributed by atoms with Crippen LogP contribution in [0.15, 0.2) is 0 Å². The van der Waals surface area contributed by atoms with Gasteiger partial charge in [-0.1, -0.05) is 15.9 Å². The van der Waals surface area contributed by atoms with Crippen molar-refractivity contribution in [3.05, 3.63) is 0 Å². The van der Waals surface area contributed by atoms with E-state index in [0.717, 1.165) is 0 Å². The summed E-state index contributed by atoms with van der Waals surface area (Å²) in [5, 5.41) is 8.33. The van der Waals surface area contributed by atoms with Crippen LogP contribution >= 0.6 is 28.3 Å². The first kappa shape index (κ1) is 11.1. The van der Waals surface area contributed by atoms with Crippen molar-refractivity contribution in [3.8, 4) is 0 Å². The topological polar surface area (TPSA) is 63.3 Å². The fraction of sp³-hybridized carbons (Fsp3) is 0.667. The van der Waals surface area contributed by atoms with Crippen molar-refractivity contribution in [2.45, 2.75) is 6.04 Å². The van der Waals surface area contributed by atoms with Gasteiger partial charge in [-0.2, -0.15) is 0 Å². The number of aliphatic carboxylic acids is 1. The van der Waals surface area contributed by atoms with Gasteiger partial charge in [0, 0.05) is 5.33 Å². The Bertz CT molecular complexity index is 79.7. The molecule has 0 aromatic carbocycles. The van der Waals surface area contributed by atoms with E-state index in [4.69, 9.17) is 10.8 Å². The summed E-state index contributed by atoms with van der Waals surface area (Å²) in [6, 6.07) is -0.764.